The first kappa shape index (κ1) is 12.1. The van der Waals surface area contributed by atoms with Crippen LogP contribution < -0.4 is 5.73 Å². The van der Waals surface area contributed by atoms with Crippen molar-refractivity contribution in [1.29, 1.82) is 0 Å². The minimum atomic E-state index is -0.110. The quantitative estimate of drug-likeness (QED) is 0.771. The lowest BCUT2D eigenvalue weighted by Gasteiger charge is -2.05. The maximum Gasteiger partial charge on any atom is 0.227 e. The number of aromatic nitrogens is 2. The van der Waals surface area contributed by atoms with Gasteiger partial charge in [0.25, 0.3) is 0 Å². The highest BCUT2D eigenvalue weighted by Crippen LogP contribution is 2.14. The summed E-state index contributed by atoms with van der Waals surface area (Å²) in [4.78, 5) is 4.26. The van der Waals surface area contributed by atoms with Gasteiger partial charge in [0, 0.05) is 13.0 Å². The molecule has 2 unspecified atom stereocenters. The lowest BCUT2D eigenvalue weighted by molar-refractivity contribution is 0.0683. The molecule has 86 valence electrons. The zero-order valence-electron chi connectivity index (χ0n) is 9.56. The highest BCUT2D eigenvalue weighted by Gasteiger charge is 2.14. The Morgan fingerprint density at radius 2 is 2.20 bits per heavy atom. The van der Waals surface area contributed by atoms with Crippen LogP contribution in [0.3, 0.4) is 0 Å². The third-order valence-corrected chi connectivity index (χ3v) is 2.19. The van der Waals surface area contributed by atoms with Crippen LogP contribution >= 0.6 is 0 Å². The van der Waals surface area contributed by atoms with Gasteiger partial charge < -0.3 is 15.0 Å². The topological polar surface area (TPSA) is 74.2 Å². The van der Waals surface area contributed by atoms with Crippen molar-refractivity contribution in [2.75, 3.05) is 13.2 Å². The molecule has 2 atom stereocenters. The van der Waals surface area contributed by atoms with Gasteiger partial charge in [0.05, 0.1) is 0 Å². The zero-order valence-corrected chi connectivity index (χ0v) is 9.56. The molecule has 15 heavy (non-hydrogen) atoms. The SMILES string of the molecule is CCOC(C)c1noc(CC(C)CN)n1. The van der Waals surface area contributed by atoms with E-state index in [9.17, 15) is 0 Å². The molecule has 0 aliphatic rings. The van der Waals surface area contributed by atoms with Gasteiger partial charge in [0.1, 0.15) is 6.10 Å². The first-order valence-electron chi connectivity index (χ1n) is 5.31. The first-order valence-corrected chi connectivity index (χ1v) is 5.31. The molecule has 0 aromatic carbocycles. The molecule has 5 heteroatoms. The smallest absolute Gasteiger partial charge is 0.227 e. The molecule has 1 aromatic heterocycles. The van der Waals surface area contributed by atoms with Crippen molar-refractivity contribution in [3.63, 3.8) is 0 Å². The van der Waals surface area contributed by atoms with Crippen molar-refractivity contribution in [3.05, 3.63) is 11.7 Å². The fourth-order valence-electron chi connectivity index (χ4n) is 1.22. The second kappa shape index (κ2) is 5.82. The normalized spacial score (nSPS) is 15.2. The molecule has 0 aliphatic carbocycles. The van der Waals surface area contributed by atoms with Gasteiger partial charge in [0.2, 0.25) is 5.89 Å². The Morgan fingerprint density at radius 3 is 2.80 bits per heavy atom. The molecule has 0 saturated heterocycles. The van der Waals surface area contributed by atoms with E-state index >= 15 is 0 Å². The predicted molar refractivity (Wildman–Crippen MR) is 56.3 cm³/mol. The maximum atomic E-state index is 5.52. The summed E-state index contributed by atoms with van der Waals surface area (Å²) in [6.07, 6.45) is 0.614. The molecule has 0 bridgehead atoms. The van der Waals surface area contributed by atoms with Gasteiger partial charge in [-0.3, -0.25) is 0 Å². The molecule has 1 aromatic rings. The molecular weight excluding hydrogens is 194 g/mol. The van der Waals surface area contributed by atoms with Crippen molar-refractivity contribution in [3.8, 4) is 0 Å². The van der Waals surface area contributed by atoms with Gasteiger partial charge in [-0.2, -0.15) is 4.98 Å². The fraction of sp³-hybridized carbons (Fsp3) is 0.800. The van der Waals surface area contributed by atoms with Gasteiger partial charge >= 0.3 is 0 Å². The van der Waals surface area contributed by atoms with Crippen LogP contribution in [0, 0.1) is 5.92 Å². The van der Waals surface area contributed by atoms with Gasteiger partial charge in [0.15, 0.2) is 5.82 Å². The van der Waals surface area contributed by atoms with Crippen LogP contribution in [0.15, 0.2) is 4.52 Å². The highest BCUT2D eigenvalue weighted by molar-refractivity contribution is 4.90. The average Bonchev–Trinajstić information content (AvgIpc) is 2.66. The number of nitrogens with two attached hydrogens (primary N) is 1. The number of hydrogen-bond acceptors (Lipinski definition) is 5. The Labute approximate surface area is 90.0 Å². The van der Waals surface area contributed by atoms with Gasteiger partial charge in [-0.1, -0.05) is 12.1 Å². The summed E-state index contributed by atoms with van der Waals surface area (Å²) >= 11 is 0. The van der Waals surface area contributed by atoms with Crippen molar-refractivity contribution in [2.45, 2.75) is 33.3 Å². The molecule has 0 radical (unpaired) electrons. The van der Waals surface area contributed by atoms with Gasteiger partial charge in [-0.05, 0) is 26.3 Å². The van der Waals surface area contributed by atoms with E-state index < -0.39 is 0 Å². The van der Waals surface area contributed by atoms with E-state index in [0.29, 0.717) is 30.8 Å². The summed E-state index contributed by atoms with van der Waals surface area (Å²) in [5.74, 6) is 1.60. The number of hydrogen-bond donors (Lipinski definition) is 1. The number of rotatable bonds is 6. The molecule has 0 spiro atoms. The Hall–Kier alpha value is -0.940. The lowest BCUT2D eigenvalue weighted by Crippen LogP contribution is -2.13. The Kier molecular flexibility index (Phi) is 4.71. The number of ether oxygens (including phenoxy) is 1. The minimum absolute atomic E-state index is 0.110. The highest BCUT2D eigenvalue weighted by atomic mass is 16.5. The molecule has 0 fully saturated rings. The third-order valence-electron chi connectivity index (χ3n) is 2.19. The van der Waals surface area contributed by atoms with Crippen molar-refractivity contribution >= 4 is 0 Å². The Morgan fingerprint density at radius 1 is 1.47 bits per heavy atom. The second-order valence-electron chi connectivity index (χ2n) is 3.69. The molecule has 0 aliphatic heterocycles. The molecule has 1 heterocycles. The van der Waals surface area contributed by atoms with Crippen LogP contribution in [-0.4, -0.2) is 23.3 Å². The average molecular weight is 213 g/mol. The third kappa shape index (κ3) is 3.60. The van der Waals surface area contributed by atoms with E-state index in [0.717, 1.165) is 6.42 Å². The maximum absolute atomic E-state index is 5.52. The molecule has 2 N–H and O–H groups in total. The Balaban J connectivity index is 2.55. The van der Waals surface area contributed by atoms with E-state index in [4.69, 9.17) is 15.0 Å². The molecule has 0 saturated carbocycles. The molecule has 0 amide bonds. The van der Waals surface area contributed by atoms with E-state index in [1.165, 1.54) is 0 Å². The van der Waals surface area contributed by atoms with Crippen LogP contribution in [0.5, 0.6) is 0 Å². The first-order chi connectivity index (χ1) is 7.17. The lowest BCUT2D eigenvalue weighted by atomic mass is 10.1. The van der Waals surface area contributed by atoms with E-state index in [-0.39, 0.29) is 6.10 Å². The Bertz CT molecular complexity index is 288. The summed E-state index contributed by atoms with van der Waals surface area (Å²) in [6, 6.07) is 0. The fourth-order valence-corrected chi connectivity index (χ4v) is 1.22. The minimum Gasteiger partial charge on any atom is -0.371 e. The van der Waals surface area contributed by atoms with Gasteiger partial charge in [-0.25, -0.2) is 0 Å². The summed E-state index contributed by atoms with van der Waals surface area (Å²) in [7, 11) is 0. The number of nitrogens with zero attached hydrogens (tertiary/aromatic N) is 2. The van der Waals surface area contributed by atoms with E-state index in [2.05, 4.69) is 17.1 Å². The van der Waals surface area contributed by atoms with Crippen LogP contribution in [0.4, 0.5) is 0 Å². The van der Waals surface area contributed by atoms with Crippen LogP contribution in [-0.2, 0) is 11.2 Å². The van der Waals surface area contributed by atoms with Crippen molar-refractivity contribution < 1.29 is 9.26 Å². The van der Waals surface area contributed by atoms with Crippen molar-refractivity contribution in [1.82, 2.24) is 10.1 Å². The van der Waals surface area contributed by atoms with E-state index in [1.54, 1.807) is 0 Å². The molecule has 5 nitrogen and oxygen atoms in total. The summed E-state index contributed by atoms with van der Waals surface area (Å²) < 4.78 is 10.5. The molecular formula is C10H19N3O2. The van der Waals surface area contributed by atoms with Crippen molar-refractivity contribution in [2.24, 2.45) is 11.7 Å². The monoisotopic (exact) mass is 213 g/mol. The summed E-state index contributed by atoms with van der Waals surface area (Å²) in [6.45, 7) is 7.16. The summed E-state index contributed by atoms with van der Waals surface area (Å²) in [5, 5.41) is 3.87. The molecule has 1 rings (SSSR count). The predicted octanol–water partition coefficient (Wildman–Crippen LogP) is 1.30. The van der Waals surface area contributed by atoms with Gasteiger partial charge in [-0.15, -0.1) is 0 Å². The van der Waals surface area contributed by atoms with Crippen LogP contribution in [0.25, 0.3) is 0 Å². The summed E-state index contributed by atoms with van der Waals surface area (Å²) in [5.41, 5.74) is 5.52. The van der Waals surface area contributed by atoms with E-state index in [1.807, 2.05) is 13.8 Å². The largest absolute Gasteiger partial charge is 0.371 e. The second-order valence-corrected chi connectivity index (χ2v) is 3.69. The van der Waals surface area contributed by atoms with Crippen LogP contribution in [0.1, 0.15) is 38.6 Å². The van der Waals surface area contributed by atoms with Crippen LogP contribution in [0.2, 0.25) is 0 Å². The zero-order chi connectivity index (χ0) is 11.3. The standard InChI is InChI=1S/C10H19N3O2/c1-4-14-8(3)10-12-9(15-13-10)5-7(2)6-11/h7-8H,4-6,11H2,1-3H3.